The lowest BCUT2D eigenvalue weighted by atomic mass is 10.3. The van der Waals surface area contributed by atoms with Gasteiger partial charge in [0.15, 0.2) is 0 Å². The lowest BCUT2D eigenvalue weighted by Gasteiger charge is -2.13. The van der Waals surface area contributed by atoms with Gasteiger partial charge >= 0.3 is 0 Å². The fourth-order valence-electron chi connectivity index (χ4n) is 1.13. The normalized spacial score (nSPS) is 27.8. The molecule has 0 amide bonds. The van der Waals surface area contributed by atoms with Gasteiger partial charge in [0.2, 0.25) is 0 Å². The maximum atomic E-state index is 3.58. The molecule has 1 aliphatic rings. The molecule has 1 N–H and O–H groups in total. The minimum Gasteiger partial charge on any atom is -0.361 e. The number of nitrogens with one attached hydrogen (secondary N) is 1. The standard InChI is InChI=1S/C8H8BrNS/c1-8(9)10-6-4-2-3-5-7(6)11-8/h2-5,10H,1H3. The zero-order valence-electron chi connectivity index (χ0n) is 6.10. The van der Waals surface area contributed by atoms with E-state index < -0.39 is 0 Å². The summed E-state index contributed by atoms with van der Waals surface area (Å²) in [6, 6.07) is 8.32. The molecule has 11 heavy (non-hydrogen) atoms. The molecule has 0 aromatic heterocycles. The van der Waals surface area contributed by atoms with E-state index in [0.29, 0.717) is 0 Å². The Kier molecular flexibility index (Phi) is 1.65. The third kappa shape index (κ3) is 1.40. The summed E-state index contributed by atoms with van der Waals surface area (Å²) >= 11 is 5.37. The molecule has 0 fully saturated rings. The first-order valence-corrected chi connectivity index (χ1v) is 5.03. The van der Waals surface area contributed by atoms with Crippen LogP contribution in [0.3, 0.4) is 0 Å². The number of rotatable bonds is 0. The molecule has 1 atom stereocenters. The molecule has 1 aliphatic heterocycles. The maximum absolute atomic E-state index is 3.58. The summed E-state index contributed by atoms with van der Waals surface area (Å²) in [5.41, 5.74) is 1.22. The molecule has 0 spiro atoms. The zero-order chi connectivity index (χ0) is 7.90. The Morgan fingerprint density at radius 2 is 2.18 bits per heavy atom. The summed E-state index contributed by atoms with van der Waals surface area (Å²) in [5, 5.41) is 3.35. The number of anilines is 1. The number of fused-ring (bicyclic) bond motifs is 1. The summed E-state index contributed by atoms with van der Waals surface area (Å²) in [4.78, 5) is 1.31. The van der Waals surface area contributed by atoms with E-state index in [2.05, 4.69) is 46.4 Å². The number of alkyl halides is 1. The van der Waals surface area contributed by atoms with Crippen LogP contribution >= 0.6 is 27.7 Å². The summed E-state index contributed by atoms with van der Waals surface area (Å²) in [6.07, 6.45) is 0. The van der Waals surface area contributed by atoms with Gasteiger partial charge in [-0.05, 0) is 35.0 Å². The van der Waals surface area contributed by atoms with Gasteiger partial charge < -0.3 is 5.32 Å². The van der Waals surface area contributed by atoms with Crippen molar-refractivity contribution in [3.63, 3.8) is 0 Å². The van der Waals surface area contributed by atoms with Crippen molar-refractivity contribution in [3.8, 4) is 0 Å². The summed E-state index contributed by atoms with van der Waals surface area (Å²) in [6.45, 7) is 2.11. The highest BCUT2D eigenvalue weighted by Crippen LogP contribution is 2.48. The van der Waals surface area contributed by atoms with Gasteiger partial charge in [0.05, 0.1) is 0 Å². The van der Waals surface area contributed by atoms with Gasteiger partial charge in [-0.25, -0.2) is 0 Å². The summed E-state index contributed by atoms with van der Waals surface area (Å²) in [5.74, 6) is 0. The fraction of sp³-hybridized carbons (Fsp3) is 0.250. The van der Waals surface area contributed by atoms with Crippen molar-refractivity contribution in [2.45, 2.75) is 15.6 Å². The molecular weight excluding hydrogens is 222 g/mol. The van der Waals surface area contributed by atoms with Crippen molar-refractivity contribution in [3.05, 3.63) is 24.3 Å². The van der Waals surface area contributed by atoms with Crippen molar-refractivity contribution >= 4 is 33.4 Å². The van der Waals surface area contributed by atoms with E-state index in [0.717, 1.165) is 0 Å². The van der Waals surface area contributed by atoms with Gasteiger partial charge in [0.25, 0.3) is 0 Å². The maximum Gasteiger partial charge on any atom is 0.141 e. The molecule has 3 heteroatoms. The molecule has 58 valence electrons. The first-order valence-electron chi connectivity index (χ1n) is 3.42. The zero-order valence-corrected chi connectivity index (χ0v) is 8.50. The number of para-hydroxylation sites is 1. The van der Waals surface area contributed by atoms with Gasteiger partial charge in [0, 0.05) is 10.6 Å². The van der Waals surface area contributed by atoms with E-state index in [1.165, 1.54) is 10.6 Å². The minimum absolute atomic E-state index is 0.0172. The van der Waals surface area contributed by atoms with Crippen LogP contribution in [-0.2, 0) is 0 Å². The van der Waals surface area contributed by atoms with Crippen LogP contribution in [0, 0.1) is 0 Å². The Hall–Kier alpha value is -0.150. The first kappa shape index (κ1) is 7.50. The Morgan fingerprint density at radius 1 is 1.45 bits per heavy atom. The predicted molar refractivity (Wildman–Crippen MR) is 53.3 cm³/mol. The molecule has 0 bridgehead atoms. The lowest BCUT2D eigenvalue weighted by molar-refractivity contribution is 1.09. The quantitative estimate of drug-likeness (QED) is 0.542. The van der Waals surface area contributed by atoms with Crippen LogP contribution in [-0.4, -0.2) is 3.78 Å². The van der Waals surface area contributed by atoms with Crippen LogP contribution in [0.15, 0.2) is 29.2 Å². The molecule has 1 unspecified atom stereocenters. The Morgan fingerprint density at radius 3 is 2.91 bits per heavy atom. The third-order valence-corrected chi connectivity index (χ3v) is 3.29. The largest absolute Gasteiger partial charge is 0.361 e. The topological polar surface area (TPSA) is 12.0 Å². The Balaban J connectivity index is 2.41. The number of hydrogen-bond acceptors (Lipinski definition) is 2. The summed E-state index contributed by atoms with van der Waals surface area (Å²) in [7, 11) is 0. The number of halogens is 1. The van der Waals surface area contributed by atoms with Gasteiger partial charge in [-0.15, -0.1) is 0 Å². The van der Waals surface area contributed by atoms with Crippen LogP contribution in [0.25, 0.3) is 0 Å². The van der Waals surface area contributed by atoms with E-state index in [4.69, 9.17) is 0 Å². The van der Waals surface area contributed by atoms with Crippen LogP contribution in [0.1, 0.15) is 6.92 Å². The fourth-order valence-corrected chi connectivity index (χ4v) is 2.82. The minimum atomic E-state index is -0.0172. The summed E-state index contributed by atoms with van der Waals surface area (Å²) < 4.78 is -0.0172. The average molecular weight is 230 g/mol. The van der Waals surface area contributed by atoms with Crippen molar-refractivity contribution in [2.75, 3.05) is 5.32 Å². The average Bonchev–Trinajstić information content (AvgIpc) is 2.21. The molecule has 2 rings (SSSR count). The second-order valence-electron chi connectivity index (χ2n) is 2.64. The molecule has 0 saturated carbocycles. The molecule has 1 heterocycles. The van der Waals surface area contributed by atoms with E-state index >= 15 is 0 Å². The second-order valence-corrected chi connectivity index (χ2v) is 6.21. The van der Waals surface area contributed by atoms with Gasteiger partial charge in [-0.2, -0.15) is 0 Å². The predicted octanol–water partition coefficient (Wildman–Crippen LogP) is 3.27. The molecule has 0 saturated heterocycles. The lowest BCUT2D eigenvalue weighted by Crippen LogP contribution is -2.16. The van der Waals surface area contributed by atoms with Crippen molar-refractivity contribution < 1.29 is 0 Å². The van der Waals surface area contributed by atoms with Crippen molar-refractivity contribution in [2.24, 2.45) is 0 Å². The second kappa shape index (κ2) is 2.42. The van der Waals surface area contributed by atoms with Crippen LogP contribution in [0.5, 0.6) is 0 Å². The highest BCUT2D eigenvalue weighted by atomic mass is 79.9. The number of hydrogen-bond donors (Lipinski definition) is 1. The Bertz CT molecular complexity index is 258. The number of benzene rings is 1. The molecular formula is C8H8BrNS. The highest BCUT2D eigenvalue weighted by molar-refractivity contribution is 9.12. The Labute approximate surface area is 78.7 Å². The van der Waals surface area contributed by atoms with Crippen LogP contribution in [0.4, 0.5) is 5.69 Å². The van der Waals surface area contributed by atoms with Crippen LogP contribution in [0.2, 0.25) is 0 Å². The van der Waals surface area contributed by atoms with E-state index in [1.807, 2.05) is 6.07 Å². The molecule has 0 radical (unpaired) electrons. The van der Waals surface area contributed by atoms with E-state index in [-0.39, 0.29) is 3.78 Å². The molecule has 0 aliphatic carbocycles. The third-order valence-electron chi connectivity index (χ3n) is 1.55. The smallest absolute Gasteiger partial charge is 0.141 e. The number of thioether (sulfide) groups is 1. The van der Waals surface area contributed by atoms with E-state index in [1.54, 1.807) is 11.8 Å². The van der Waals surface area contributed by atoms with Gasteiger partial charge in [-0.1, -0.05) is 23.9 Å². The molecule has 1 nitrogen and oxygen atoms in total. The van der Waals surface area contributed by atoms with Crippen molar-refractivity contribution in [1.82, 2.24) is 0 Å². The molecule has 1 aromatic carbocycles. The monoisotopic (exact) mass is 229 g/mol. The van der Waals surface area contributed by atoms with Crippen LogP contribution < -0.4 is 5.32 Å². The highest BCUT2D eigenvalue weighted by Gasteiger charge is 2.29. The van der Waals surface area contributed by atoms with E-state index in [9.17, 15) is 0 Å². The van der Waals surface area contributed by atoms with Crippen molar-refractivity contribution in [1.29, 1.82) is 0 Å². The van der Waals surface area contributed by atoms with Gasteiger partial charge in [-0.3, -0.25) is 0 Å². The van der Waals surface area contributed by atoms with Gasteiger partial charge in [0.1, 0.15) is 3.78 Å². The SMILES string of the molecule is CC1(Br)Nc2ccccc2S1. The first-order chi connectivity index (χ1) is 5.17. The molecule has 1 aromatic rings.